The molecule has 0 spiro atoms. The van der Waals surface area contributed by atoms with Crippen LogP contribution < -0.4 is 24.8 Å². The number of carbonyl (C=O) groups is 1. The van der Waals surface area contributed by atoms with E-state index in [-0.39, 0.29) is 18.3 Å². The van der Waals surface area contributed by atoms with Crippen molar-refractivity contribution < 1.29 is 19.0 Å². The second-order valence-corrected chi connectivity index (χ2v) is 9.02. The van der Waals surface area contributed by atoms with E-state index in [4.69, 9.17) is 24.9 Å². The van der Waals surface area contributed by atoms with Crippen LogP contribution in [0.1, 0.15) is 15.9 Å². The Labute approximate surface area is 233 Å². The number of aromatic nitrogens is 2. The van der Waals surface area contributed by atoms with E-state index in [0.29, 0.717) is 72.5 Å². The van der Waals surface area contributed by atoms with Crippen LogP contribution in [0.25, 0.3) is 10.9 Å². The lowest BCUT2D eigenvalue weighted by atomic mass is 10.1. The Hall–Kier alpha value is -4.24. The number of nitrogen functional groups attached to an aromatic ring is 1. The van der Waals surface area contributed by atoms with Gasteiger partial charge in [-0.05, 0) is 35.9 Å². The number of hydrogen-bond donors (Lipinski definition) is 1. The monoisotopic (exact) mass is 549 g/mol. The minimum Gasteiger partial charge on any atom is -0.493 e. The summed E-state index contributed by atoms with van der Waals surface area (Å²) in [6, 6.07) is 21.1. The summed E-state index contributed by atoms with van der Waals surface area (Å²) in [6.45, 7) is 2.90. The van der Waals surface area contributed by atoms with Crippen molar-refractivity contribution in [3.63, 3.8) is 0 Å². The van der Waals surface area contributed by atoms with Crippen LogP contribution in [0.4, 0.5) is 11.8 Å². The highest BCUT2D eigenvalue weighted by molar-refractivity contribution is 5.94. The molecule has 1 aliphatic heterocycles. The molecule has 1 aromatic heterocycles. The Balaban J connectivity index is 0.00000353. The predicted octanol–water partition coefficient (Wildman–Crippen LogP) is 4.23. The molecule has 2 N–H and O–H groups in total. The van der Waals surface area contributed by atoms with Crippen molar-refractivity contribution >= 4 is 41.0 Å². The molecule has 39 heavy (non-hydrogen) atoms. The van der Waals surface area contributed by atoms with Crippen molar-refractivity contribution in [3.8, 4) is 17.2 Å². The molecule has 204 valence electrons. The van der Waals surface area contributed by atoms with Crippen molar-refractivity contribution in [2.75, 3.05) is 57.6 Å². The molecule has 0 radical (unpaired) electrons. The van der Waals surface area contributed by atoms with E-state index >= 15 is 0 Å². The summed E-state index contributed by atoms with van der Waals surface area (Å²) in [7, 11) is 3.16. The van der Waals surface area contributed by atoms with Crippen LogP contribution in [0.5, 0.6) is 17.2 Å². The van der Waals surface area contributed by atoms with E-state index in [1.54, 1.807) is 26.4 Å². The highest BCUT2D eigenvalue weighted by Gasteiger charge is 2.24. The van der Waals surface area contributed by atoms with Gasteiger partial charge in [-0.2, -0.15) is 4.98 Å². The first-order chi connectivity index (χ1) is 18.6. The zero-order valence-electron chi connectivity index (χ0n) is 22.0. The fourth-order valence-corrected chi connectivity index (χ4v) is 4.53. The molecule has 9 nitrogen and oxygen atoms in total. The normalized spacial score (nSPS) is 13.1. The number of ether oxygens (including phenoxy) is 3. The lowest BCUT2D eigenvalue weighted by Crippen LogP contribution is -2.49. The molecule has 1 aliphatic rings. The first-order valence-electron chi connectivity index (χ1n) is 12.6. The number of anilines is 2. The van der Waals surface area contributed by atoms with Crippen molar-refractivity contribution in [1.82, 2.24) is 14.9 Å². The summed E-state index contributed by atoms with van der Waals surface area (Å²) < 4.78 is 16.6. The van der Waals surface area contributed by atoms with Crippen LogP contribution in [-0.2, 0) is 6.42 Å². The molecule has 2 heterocycles. The number of benzene rings is 3. The Bertz CT molecular complexity index is 1410. The van der Waals surface area contributed by atoms with Gasteiger partial charge in [-0.25, -0.2) is 4.98 Å². The maximum atomic E-state index is 13.1. The van der Waals surface area contributed by atoms with E-state index in [2.05, 4.69) is 17.1 Å². The molecule has 0 aliphatic carbocycles. The largest absolute Gasteiger partial charge is 0.493 e. The number of nitrogens with two attached hydrogens (primary N) is 1. The zero-order valence-corrected chi connectivity index (χ0v) is 22.8. The Morgan fingerprint density at radius 1 is 0.897 bits per heavy atom. The van der Waals surface area contributed by atoms with Gasteiger partial charge in [-0.3, -0.25) is 4.79 Å². The number of carbonyl (C=O) groups excluding carboxylic acids is 1. The van der Waals surface area contributed by atoms with Crippen LogP contribution in [-0.4, -0.2) is 67.8 Å². The molecule has 1 saturated heterocycles. The number of nitrogens with zero attached hydrogens (tertiary/aromatic N) is 4. The van der Waals surface area contributed by atoms with Gasteiger partial charge in [-0.1, -0.05) is 30.3 Å². The summed E-state index contributed by atoms with van der Waals surface area (Å²) >= 11 is 0. The van der Waals surface area contributed by atoms with Gasteiger partial charge in [-0.15, -0.1) is 12.4 Å². The summed E-state index contributed by atoms with van der Waals surface area (Å²) in [5.74, 6) is 2.80. The van der Waals surface area contributed by atoms with Crippen LogP contribution in [0.3, 0.4) is 0 Å². The smallest absolute Gasteiger partial charge is 0.253 e. The van der Waals surface area contributed by atoms with Gasteiger partial charge in [0.25, 0.3) is 5.91 Å². The molecule has 5 rings (SSSR count). The Kier molecular flexibility index (Phi) is 8.93. The molecular weight excluding hydrogens is 518 g/mol. The predicted molar refractivity (Wildman–Crippen MR) is 155 cm³/mol. The van der Waals surface area contributed by atoms with Gasteiger partial charge in [0.2, 0.25) is 5.95 Å². The third kappa shape index (κ3) is 6.26. The van der Waals surface area contributed by atoms with Gasteiger partial charge < -0.3 is 29.7 Å². The van der Waals surface area contributed by atoms with E-state index in [9.17, 15) is 4.79 Å². The van der Waals surface area contributed by atoms with Crippen molar-refractivity contribution in [1.29, 1.82) is 0 Å². The van der Waals surface area contributed by atoms with Gasteiger partial charge in [0.05, 0.1) is 26.3 Å². The highest BCUT2D eigenvalue weighted by atomic mass is 35.5. The third-order valence-electron chi connectivity index (χ3n) is 6.67. The molecule has 0 bridgehead atoms. The van der Waals surface area contributed by atoms with E-state index in [0.717, 1.165) is 12.2 Å². The average molecular weight is 550 g/mol. The lowest BCUT2D eigenvalue weighted by Gasteiger charge is -2.35. The van der Waals surface area contributed by atoms with Gasteiger partial charge >= 0.3 is 0 Å². The number of amides is 1. The molecule has 1 fully saturated rings. The van der Waals surface area contributed by atoms with Crippen LogP contribution in [0.2, 0.25) is 0 Å². The molecule has 4 aromatic rings. The van der Waals surface area contributed by atoms with E-state index in [1.807, 2.05) is 52.3 Å². The number of methoxy groups -OCH3 is 2. The van der Waals surface area contributed by atoms with Crippen LogP contribution in [0, 0.1) is 0 Å². The summed E-state index contributed by atoms with van der Waals surface area (Å²) in [6.07, 6.45) is 0.833. The second kappa shape index (κ2) is 12.5. The maximum absolute atomic E-state index is 13.1. The standard InChI is InChI=1S/C29H31N5O4.ClH/c1-36-25-18-23-24(19-26(25)37-2)31-29(32-27(23)30)34-15-13-33(14-16-34)28(35)21-8-10-22(11-9-21)38-17-12-20-6-4-3-5-7-20;/h3-11,18-19H,12-17H2,1-2H3,(H2,30,31,32);1H. The van der Waals surface area contributed by atoms with Gasteiger partial charge in [0.1, 0.15) is 11.6 Å². The molecule has 3 aromatic carbocycles. The average Bonchev–Trinajstić information content (AvgIpc) is 2.97. The molecular formula is C29H32ClN5O4. The molecule has 1 amide bonds. The zero-order chi connectivity index (χ0) is 26.5. The van der Waals surface area contributed by atoms with Crippen LogP contribution >= 0.6 is 12.4 Å². The van der Waals surface area contributed by atoms with Gasteiger partial charge in [0, 0.05) is 49.6 Å². The number of rotatable bonds is 8. The molecule has 0 atom stereocenters. The molecule has 10 heteroatoms. The van der Waals surface area contributed by atoms with E-state index < -0.39 is 0 Å². The molecule has 0 unspecified atom stereocenters. The Morgan fingerprint density at radius 2 is 1.56 bits per heavy atom. The number of hydrogen-bond acceptors (Lipinski definition) is 8. The topological polar surface area (TPSA) is 103 Å². The summed E-state index contributed by atoms with van der Waals surface area (Å²) in [5.41, 5.74) is 8.80. The SMILES string of the molecule is COc1cc2nc(N3CCN(C(=O)c4ccc(OCCc5ccccc5)cc4)CC3)nc(N)c2cc1OC.Cl. The van der Waals surface area contributed by atoms with Crippen molar-refractivity contribution in [2.24, 2.45) is 0 Å². The number of halogens is 1. The lowest BCUT2D eigenvalue weighted by molar-refractivity contribution is 0.0746. The van der Waals surface area contributed by atoms with Gasteiger partial charge in [0.15, 0.2) is 11.5 Å². The molecule has 0 saturated carbocycles. The van der Waals surface area contributed by atoms with Crippen molar-refractivity contribution in [2.45, 2.75) is 6.42 Å². The van der Waals surface area contributed by atoms with Crippen LogP contribution in [0.15, 0.2) is 66.7 Å². The number of piperazine rings is 1. The first kappa shape index (κ1) is 27.8. The highest BCUT2D eigenvalue weighted by Crippen LogP contribution is 2.34. The van der Waals surface area contributed by atoms with Crippen molar-refractivity contribution in [3.05, 3.63) is 77.9 Å². The minimum absolute atomic E-state index is 0. The first-order valence-corrected chi connectivity index (χ1v) is 12.6. The summed E-state index contributed by atoms with van der Waals surface area (Å²) in [4.78, 5) is 26.2. The third-order valence-corrected chi connectivity index (χ3v) is 6.67. The fraction of sp³-hybridized carbons (Fsp3) is 0.276. The fourth-order valence-electron chi connectivity index (χ4n) is 4.53. The van der Waals surface area contributed by atoms with E-state index in [1.165, 1.54) is 5.56 Å². The quantitative estimate of drug-likeness (QED) is 0.348. The number of fused-ring (bicyclic) bond motifs is 1. The minimum atomic E-state index is -0.00346. The second-order valence-electron chi connectivity index (χ2n) is 9.02. The summed E-state index contributed by atoms with van der Waals surface area (Å²) in [5, 5.41) is 0.702. The maximum Gasteiger partial charge on any atom is 0.253 e. The Morgan fingerprint density at radius 3 is 2.23 bits per heavy atom.